The smallest absolute Gasteiger partial charge is 0.265 e. The molecule has 0 spiro atoms. The lowest BCUT2D eigenvalue weighted by Gasteiger charge is -2.15. The van der Waals surface area contributed by atoms with Gasteiger partial charge in [-0.05, 0) is 43.7 Å². The summed E-state index contributed by atoms with van der Waals surface area (Å²) < 4.78 is 5.52. The van der Waals surface area contributed by atoms with Crippen LogP contribution in [0, 0.1) is 6.92 Å². The minimum Gasteiger partial charge on any atom is -0.506 e. The Morgan fingerprint density at radius 1 is 1.20 bits per heavy atom. The Labute approximate surface area is 118 Å². The van der Waals surface area contributed by atoms with E-state index in [2.05, 4.69) is 5.32 Å². The van der Waals surface area contributed by atoms with E-state index in [1.54, 1.807) is 31.2 Å². The number of aromatic hydroxyl groups is 1. The molecule has 1 unspecified atom stereocenters. The van der Waals surface area contributed by atoms with Gasteiger partial charge in [-0.15, -0.1) is 0 Å². The van der Waals surface area contributed by atoms with Crippen LogP contribution in [0.3, 0.4) is 0 Å². The highest BCUT2D eigenvalue weighted by Crippen LogP contribution is 2.24. The van der Waals surface area contributed by atoms with E-state index < -0.39 is 6.10 Å². The van der Waals surface area contributed by atoms with Crippen LogP contribution in [0.1, 0.15) is 12.5 Å². The van der Waals surface area contributed by atoms with Crippen molar-refractivity contribution in [2.75, 3.05) is 5.32 Å². The average molecular weight is 271 g/mol. The SMILES string of the molecule is Cc1ccc(NC(=O)C(C)Oc2ccccc2)c(O)c1. The molecule has 0 bridgehead atoms. The molecule has 2 aromatic carbocycles. The van der Waals surface area contributed by atoms with Crippen LogP contribution >= 0.6 is 0 Å². The van der Waals surface area contributed by atoms with E-state index in [0.29, 0.717) is 11.4 Å². The number of amides is 1. The Morgan fingerprint density at radius 2 is 1.90 bits per heavy atom. The summed E-state index contributed by atoms with van der Waals surface area (Å²) in [4.78, 5) is 12.0. The predicted octanol–water partition coefficient (Wildman–Crippen LogP) is 3.11. The fourth-order valence-corrected chi connectivity index (χ4v) is 1.74. The molecule has 0 radical (unpaired) electrons. The van der Waals surface area contributed by atoms with Gasteiger partial charge in [0.25, 0.3) is 5.91 Å². The Morgan fingerprint density at radius 3 is 2.55 bits per heavy atom. The molecule has 4 heteroatoms. The summed E-state index contributed by atoms with van der Waals surface area (Å²) in [5.41, 5.74) is 1.30. The Bertz CT molecular complexity index is 596. The van der Waals surface area contributed by atoms with Gasteiger partial charge in [-0.25, -0.2) is 0 Å². The molecule has 20 heavy (non-hydrogen) atoms. The van der Waals surface area contributed by atoms with Crippen molar-refractivity contribution in [2.24, 2.45) is 0 Å². The molecular formula is C16H17NO3. The molecule has 0 heterocycles. The molecule has 104 valence electrons. The van der Waals surface area contributed by atoms with E-state index in [4.69, 9.17) is 4.74 Å². The molecule has 0 aliphatic rings. The van der Waals surface area contributed by atoms with Crippen molar-refractivity contribution in [1.29, 1.82) is 0 Å². The van der Waals surface area contributed by atoms with Gasteiger partial charge in [0.15, 0.2) is 6.10 Å². The van der Waals surface area contributed by atoms with Crippen LogP contribution in [0.25, 0.3) is 0 Å². The first-order valence-electron chi connectivity index (χ1n) is 6.38. The molecule has 0 saturated heterocycles. The van der Waals surface area contributed by atoms with Gasteiger partial charge in [0.2, 0.25) is 0 Å². The highest BCUT2D eigenvalue weighted by Gasteiger charge is 2.16. The molecule has 0 aliphatic carbocycles. The summed E-state index contributed by atoms with van der Waals surface area (Å²) in [6.07, 6.45) is -0.655. The zero-order valence-corrected chi connectivity index (χ0v) is 11.5. The largest absolute Gasteiger partial charge is 0.506 e. The van der Waals surface area contributed by atoms with E-state index in [1.165, 1.54) is 0 Å². The number of aryl methyl sites for hydroxylation is 1. The van der Waals surface area contributed by atoms with Crippen molar-refractivity contribution in [1.82, 2.24) is 0 Å². The summed E-state index contributed by atoms with van der Waals surface area (Å²) in [6, 6.07) is 14.2. The van der Waals surface area contributed by atoms with Gasteiger partial charge in [0, 0.05) is 0 Å². The number of anilines is 1. The summed E-state index contributed by atoms with van der Waals surface area (Å²) in [5.74, 6) is 0.363. The number of benzene rings is 2. The van der Waals surface area contributed by atoms with E-state index in [1.807, 2.05) is 31.2 Å². The normalized spacial score (nSPS) is 11.7. The minimum absolute atomic E-state index is 0.0465. The van der Waals surface area contributed by atoms with Gasteiger partial charge in [0.05, 0.1) is 5.69 Å². The predicted molar refractivity (Wildman–Crippen MR) is 78.0 cm³/mol. The number of para-hydroxylation sites is 1. The number of ether oxygens (including phenoxy) is 1. The lowest BCUT2D eigenvalue weighted by Crippen LogP contribution is -2.30. The number of phenols is 1. The van der Waals surface area contributed by atoms with E-state index in [0.717, 1.165) is 5.56 Å². The quantitative estimate of drug-likeness (QED) is 0.840. The molecule has 1 atom stereocenters. The van der Waals surface area contributed by atoms with Gasteiger partial charge >= 0.3 is 0 Å². The third-order valence-electron chi connectivity index (χ3n) is 2.84. The number of rotatable bonds is 4. The van der Waals surface area contributed by atoms with Gasteiger partial charge in [-0.3, -0.25) is 4.79 Å². The highest BCUT2D eigenvalue weighted by molar-refractivity contribution is 5.95. The second kappa shape index (κ2) is 6.10. The summed E-state index contributed by atoms with van der Waals surface area (Å²) in [5, 5.41) is 12.4. The van der Waals surface area contributed by atoms with Crippen molar-refractivity contribution in [3.8, 4) is 11.5 Å². The molecule has 2 N–H and O–H groups in total. The average Bonchev–Trinajstić information content (AvgIpc) is 2.43. The van der Waals surface area contributed by atoms with Crippen LogP contribution in [0.15, 0.2) is 48.5 Å². The number of nitrogens with one attached hydrogen (secondary N) is 1. The second-order valence-corrected chi connectivity index (χ2v) is 4.58. The Balaban J connectivity index is 2.01. The topological polar surface area (TPSA) is 58.6 Å². The third-order valence-corrected chi connectivity index (χ3v) is 2.84. The van der Waals surface area contributed by atoms with Crippen LogP contribution < -0.4 is 10.1 Å². The molecule has 4 nitrogen and oxygen atoms in total. The molecular weight excluding hydrogens is 254 g/mol. The lowest BCUT2D eigenvalue weighted by molar-refractivity contribution is -0.122. The first kappa shape index (κ1) is 13.9. The molecule has 0 aromatic heterocycles. The minimum atomic E-state index is -0.655. The maximum Gasteiger partial charge on any atom is 0.265 e. The fraction of sp³-hybridized carbons (Fsp3) is 0.188. The zero-order chi connectivity index (χ0) is 14.5. The Hall–Kier alpha value is -2.49. The molecule has 2 rings (SSSR count). The third kappa shape index (κ3) is 3.51. The Kier molecular flexibility index (Phi) is 4.25. The molecule has 0 fully saturated rings. The van der Waals surface area contributed by atoms with E-state index in [9.17, 15) is 9.90 Å². The van der Waals surface area contributed by atoms with Gasteiger partial charge < -0.3 is 15.2 Å². The molecule has 0 aliphatic heterocycles. The van der Waals surface area contributed by atoms with Gasteiger partial charge in [-0.2, -0.15) is 0 Å². The monoisotopic (exact) mass is 271 g/mol. The van der Waals surface area contributed by atoms with Crippen molar-refractivity contribution in [3.63, 3.8) is 0 Å². The maximum absolute atomic E-state index is 12.0. The maximum atomic E-state index is 12.0. The van der Waals surface area contributed by atoms with Crippen LogP contribution in [0.2, 0.25) is 0 Å². The molecule has 0 saturated carbocycles. The van der Waals surface area contributed by atoms with Gasteiger partial charge in [0.1, 0.15) is 11.5 Å². The number of carbonyl (C=O) groups excluding carboxylic acids is 1. The van der Waals surface area contributed by atoms with Crippen LogP contribution in [0.4, 0.5) is 5.69 Å². The van der Waals surface area contributed by atoms with Crippen molar-refractivity contribution in [2.45, 2.75) is 20.0 Å². The first-order valence-corrected chi connectivity index (χ1v) is 6.38. The second-order valence-electron chi connectivity index (χ2n) is 4.58. The summed E-state index contributed by atoms with van der Waals surface area (Å²) in [7, 11) is 0. The van der Waals surface area contributed by atoms with Crippen molar-refractivity contribution in [3.05, 3.63) is 54.1 Å². The molecule has 1 amide bonds. The summed E-state index contributed by atoms with van der Waals surface area (Å²) in [6.45, 7) is 3.53. The standard InChI is InChI=1S/C16H17NO3/c1-11-8-9-14(15(18)10-11)17-16(19)12(2)20-13-6-4-3-5-7-13/h3-10,12,18H,1-2H3,(H,17,19). The molecule has 2 aromatic rings. The van der Waals surface area contributed by atoms with E-state index >= 15 is 0 Å². The first-order chi connectivity index (χ1) is 9.56. The van der Waals surface area contributed by atoms with Crippen LogP contribution in [0.5, 0.6) is 11.5 Å². The van der Waals surface area contributed by atoms with Crippen LogP contribution in [-0.2, 0) is 4.79 Å². The lowest BCUT2D eigenvalue weighted by atomic mass is 10.2. The van der Waals surface area contributed by atoms with E-state index in [-0.39, 0.29) is 11.7 Å². The van der Waals surface area contributed by atoms with Crippen LogP contribution in [-0.4, -0.2) is 17.1 Å². The van der Waals surface area contributed by atoms with Gasteiger partial charge in [-0.1, -0.05) is 24.3 Å². The number of hydrogen-bond donors (Lipinski definition) is 2. The van der Waals surface area contributed by atoms with Crippen molar-refractivity contribution < 1.29 is 14.6 Å². The fourth-order valence-electron chi connectivity index (χ4n) is 1.74. The van der Waals surface area contributed by atoms with Crippen molar-refractivity contribution >= 4 is 11.6 Å². The summed E-state index contributed by atoms with van der Waals surface area (Å²) >= 11 is 0. The zero-order valence-electron chi connectivity index (χ0n) is 11.5. The number of carbonyl (C=O) groups is 1. The highest BCUT2D eigenvalue weighted by atomic mass is 16.5. The number of hydrogen-bond acceptors (Lipinski definition) is 3. The number of phenolic OH excluding ortho intramolecular Hbond substituents is 1.